The Morgan fingerprint density at radius 3 is 2.00 bits per heavy atom. The molecule has 1 aromatic rings. The molecule has 0 aromatic heterocycles. The van der Waals surface area contributed by atoms with Crippen LogP contribution in [0.2, 0.25) is 0 Å². The molecule has 0 spiro atoms. The van der Waals surface area contributed by atoms with Crippen molar-refractivity contribution in [2.75, 3.05) is 0 Å². The normalized spacial score (nSPS) is 9.14. The van der Waals surface area contributed by atoms with Gasteiger partial charge in [0.25, 0.3) is 5.69 Å². The zero-order valence-electron chi connectivity index (χ0n) is 7.83. The van der Waals surface area contributed by atoms with Crippen molar-refractivity contribution in [1.29, 1.82) is 0 Å². The average molecular weight is 199 g/mol. The van der Waals surface area contributed by atoms with Crippen molar-refractivity contribution in [1.82, 2.24) is 0 Å². The minimum atomic E-state index is -1.12. The highest BCUT2D eigenvalue weighted by Crippen LogP contribution is 2.06. The second kappa shape index (κ2) is 6.99. The van der Waals surface area contributed by atoms with Crippen molar-refractivity contribution >= 4 is 5.69 Å². The molecule has 0 amide bonds. The smallest absolute Gasteiger partial charge is 0.269 e. The molecule has 5 nitrogen and oxygen atoms in total. The van der Waals surface area contributed by atoms with Crippen LogP contribution in [0.5, 0.6) is 0 Å². The molecule has 0 atom stereocenters. The van der Waals surface area contributed by atoms with Crippen LogP contribution < -0.4 is 0 Å². The van der Waals surface area contributed by atoms with Crippen LogP contribution in [0, 0.1) is 10.1 Å². The van der Waals surface area contributed by atoms with Gasteiger partial charge in [-0.3, -0.25) is 10.1 Å². The van der Waals surface area contributed by atoms with Gasteiger partial charge in [-0.1, -0.05) is 25.1 Å². The van der Waals surface area contributed by atoms with Gasteiger partial charge in [-0.15, -0.1) is 0 Å². The third-order valence-corrected chi connectivity index (χ3v) is 1.33. The number of hydrogen-bond donors (Lipinski definition) is 2. The van der Waals surface area contributed by atoms with Crippen molar-refractivity contribution in [2.45, 2.75) is 19.6 Å². The Bertz CT molecular complexity index is 261. The van der Waals surface area contributed by atoms with Gasteiger partial charge in [0, 0.05) is 12.1 Å². The Balaban J connectivity index is 0.000000292. The standard InChI is InChI=1S/C6H5NO2.C3H8O2/c8-7(9)6-4-2-1-3-5-6;1-2-3(4)5/h1-5H;3-5H,2H2,1H3. The van der Waals surface area contributed by atoms with Crippen LogP contribution in [0.1, 0.15) is 13.3 Å². The molecule has 0 unspecified atom stereocenters. The van der Waals surface area contributed by atoms with Crippen LogP contribution in [0.4, 0.5) is 5.69 Å². The Hall–Kier alpha value is -1.46. The summed E-state index contributed by atoms with van der Waals surface area (Å²) >= 11 is 0. The molecule has 1 rings (SSSR count). The lowest BCUT2D eigenvalue weighted by molar-refractivity contribution is -0.384. The monoisotopic (exact) mass is 199 g/mol. The van der Waals surface area contributed by atoms with Crippen molar-refractivity contribution in [3.05, 3.63) is 40.4 Å². The van der Waals surface area contributed by atoms with Gasteiger partial charge in [0.15, 0.2) is 6.29 Å². The van der Waals surface area contributed by atoms with Crippen molar-refractivity contribution in [3.63, 3.8) is 0 Å². The van der Waals surface area contributed by atoms with Crippen molar-refractivity contribution in [2.24, 2.45) is 0 Å². The molecule has 5 heteroatoms. The molecule has 0 aliphatic rings. The van der Waals surface area contributed by atoms with Gasteiger partial charge < -0.3 is 10.2 Å². The van der Waals surface area contributed by atoms with Gasteiger partial charge in [-0.2, -0.15) is 0 Å². The van der Waals surface area contributed by atoms with Gasteiger partial charge >= 0.3 is 0 Å². The van der Waals surface area contributed by atoms with E-state index in [0.717, 1.165) is 0 Å². The number of benzene rings is 1. The van der Waals surface area contributed by atoms with Crippen LogP contribution in [0.15, 0.2) is 30.3 Å². The fourth-order valence-electron chi connectivity index (χ4n) is 0.550. The molecule has 0 saturated carbocycles. The van der Waals surface area contributed by atoms with E-state index in [1.54, 1.807) is 25.1 Å². The third kappa shape index (κ3) is 6.10. The lowest BCUT2D eigenvalue weighted by atomic mass is 10.3. The van der Waals surface area contributed by atoms with E-state index in [0.29, 0.717) is 6.42 Å². The maximum Gasteiger partial charge on any atom is 0.269 e. The number of nitro groups is 1. The molecule has 0 aliphatic heterocycles. The van der Waals surface area contributed by atoms with E-state index in [-0.39, 0.29) is 5.69 Å². The van der Waals surface area contributed by atoms with E-state index >= 15 is 0 Å². The topological polar surface area (TPSA) is 83.6 Å². The summed E-state index contributed by atoms with van der Waals surface area (Å²) in [6, 6.07) is 7.93. The predicted octanol–water partition coefficient (Wildman–Crippen LogP) is 1.30. The lowest BCUT2D eigenvalue weighted by Crippen LogP contribution is -1.99. The first-order valence-electron chi connectivity index (χ1n) is 4.13. The van der Waals surface area contributed by atoms with Gasteiger partial charge in [0.2, 0.25) is 0 Å². The highest BCUT2D eigenvalue weighted by Gasteiger charge is 1.98. The minimum absolute atomic E-state index is 0.137. The van der Waals surface area contributed by atoms with E-state index in [9.17, 15) is 10.1 Å². The average Bonchev–Trinajstić information content (AvgIpc) is 2.20. The van der Waals surface area contributed by atoms with Crippen LogP contribution in [0.25, 0.3) is 0 Å². The number of nitro benzene ring substituents is 1. The molecule has 0 fully saturated rings. The molecule has 0 heterocycles. The Morgan fingerprint density at radius 1 is 1.36 bits per heavy atom. The summed E-state index contributed by atoms with van der Waals surface area (Å²) in [5.74, 6) is 0. The van der Waals surface area contributed by atoms with Crippen molar-refractivity contribution in [3.8, 4) is 0 Å². The largest absolute Gasteiger partial charge is 0.368 e. The molecule has 0 radical (unpaired) electrons. The Kier molecular flexibility index (Phi) is 6.26. The van der Waals surface area contributed by atoms with Crippen LogP contribution in [-0.4, -0.2) is 21.4 Å². The number of para-hydroxylation sites is 1. The van der Waals surface area contributed by atoms with E-state index < -0.39 is 11.2 Å². The van der Waals surface area contributed by atoms with E-state index in [4.69, 9.17) is 10.2 Å². The molecule has 14 heavy (non-hydrogen) atoms. The molecule has 0 aliphatic carbocycles. The maximum absolute atomic E-state index is 10.0. The summed E-state index contributed by atoms with van der Waals surface area (Å²) in [6.07, 6.45) is -0.699. The molecule has 0 bridgehead atoms. The van der Waals surface area contributed by atoms with Gasteiger partial charge in [0.1, 0.15) is 0 Å². The quantitative estimate of drug-likeness (QED) is 0.427. The first kappa shape index (κ1) is 12.5. The van der Waals surface area contributed by atoms with Gasteiger partial charge in [-0.25, -0.2) is 0 Å². The zero-order chi connectivity index (χ0) is 11.0. The predicted molar refractivity (Wildman–Crippen MR) is 51.6 cm³/mol. The molecule has 1 aromatic carbocycles. The first-order chi connectivity index (χ1) is 6.57. The van der Waals surface area contributed by atoms with E-state index in [1.165, 1.54) is 12.1 Å². The van der Waals surface area contributed by atoms with Crippen LogP contribution in [-0.2, 0) is 0 Å². The number of aliphatic hydroxyl groups excluding tert-OH is 1. The molecular formula is C9H13NO4. The molecular weight excluding hydrogens is 186 g/mol. The second-order valence-electron chi connectivity index (χ2n) is 2.48. The number of nitrogens with zero attached hydrogens (tertiary/aromatic N) is 1. The number of hydrogen-bond acceptors (Lipinski definition) is 4. The summed E-state index contributed by atoms with van der Waals surface area (Å²) in [6.45, 7) is 1.70. The van der Waals surface area contributed by atoms with Crippen LogP contribution in [0.3, 0.4) is 0 Å². The SMILES string of the molecule is CCC(O)O.O=[N+]([O-])c1ccccc1. The van der Waals surface area contributed by atoms with Gasteiger partial charge in [0.05, 0.1) is 4.92 Å². The fourth-order valence-corrected chi connectivity index (χ4v) is 0.550. The lowest BCUT2D eigenvalue weighted by Gasteiger charge is -1.90. The maximum atomic E-state index is 10.0. The first-order valence-corrected chi connectivity index (χ1v) is 4.13. The number of aliphatic hydroxyl groups is 2. The van der Waals surface area contributed by atoms with E-state index in [2.05, 4.69) is 0 Å². The summed E-state index contributed by atoms with van der Waals surface area (Å²) in [5.41, 5.74) is 0.137. The highest BCUT2D eigenvalue weighted by atomic mass is 16.6. The molecule has 2 N–H and O–H groups in total. The highest BCUT2D eigenvalue weighted by molar-refractivity contribution is 5.27. The summed E-state index contributed by atoms with van der Waals surface area (Å²) < 4.78 is 0. The van der Waals surface area contributed by atoms with Crippen molar-refractivity contribution < 1.29 is 15.1 Å². The van der Waals surface area contributed by atoms with Gasteiger partial charge in [-0.05, 0) is 6.42 Å². The number of rotatable bonds is 2. The zero-order valence-corrected chi connectivity index (χ0v) is 7.83. The van der Waals surface area contributed by atoms with E-state index in [1.807, 2.05) is 0 Å². The Morgan fingerprint density at radius 2 is 1.79 bits per heavy atom. The summed E-state index contributed by atoms with van der Waals surface area (Å²) in [7, 11) is 0. The third-order valence-electron chi connectivity index (χ3n) is 1.33. The summed E-state index contributed by atoms with van der Waals surface area (Å²) in [5, 5.41) is 25.8. The molecule has 78 valence electrons. The second-order valence-corrected chi connectivity index (χ2v) is 2.48. The Labute approximate surface area is 81.8 Å². The fraction of sp³-hybridized carbons (Fsp3) is 0.333. The number of non-ortho nitro benzene ring substituents is 1. The molecule has 0 saturated heterocycles. The van der Waals surface area contributed by atoms with Crippen LogP contribution >= 0.6 is 0 Å². The minimum Gasteiger partial charge on any atom is -0.368 e. The summed E-state index contributed by atoms with van der Waals surface area (Å²) in [4.78, 5) is 9.59.